The van der Waals surface area contributed by atoms with Gasteiger partial charge in [0.2, 0.25) is 0 Å². The van der Waals surface area contributed by atoms with Crippen molar-refractivity contribution in [1.29, 1.82) is 0 Å². The van der Waals surface area contributed by atoms with Crippen LogP contribution in [0, 0.1) is 0 Å². The number of carbonyl (C=O) groups excluding carboxylic acids is 1. The minimum Gasteiger partial charge on any atom is -0.351 e. The minimum absolute atomic E-state index is 0.193. The Labute approximate surface area is 128 Å². The predicted molar refractivity (Wildman–Crippen MR) is 82.3 cm³/mol. The number of amides is 1. The molecule has 0 aromatic heterocycles. The number of guanidine groups is 1. The lowest BCUT2D eigenvalue weighted by atomic mass is 9.92. The Morgan fingerprint density at radius 2 is 1.95 bits per heavy atom. The summed E-state index contributed by atoms with van der Waals surface area (Å²) in [6.45, 7) is 7.71. The zero-order valence-electron chi connectivity index (χ0n) is 11.8. The molecule has 0 fully saturated rings. The van der Waals surface area contributed by atoms with Gasteiger partial charge in [-0.05, 0) is 39.8 Å². The number of nitrogens with zero attached hydrogens (tertiary/aromatic N) is 1. The Bertz CT molecular complexity index is 593. The van der Waals surface area contributed by atoms with Gasteiger partial charge in [-0.3, -0.25) is 10.1 Å². The van der Waals surface area contributed by atoms with E-state index in [2.05, 4.69) is 15.6 Å². The molecule has 4 nitrogen and oxygen atoms in total. The van der Waals surface area contributed by atoms with Gasteiger partial charge in [-0.1, -0.05) is 29.3 Å². The van der Waals surface area contributed by atoms with E-state index in [0.717, 1.165) is 0 Å². The molecule has 1 aliphatic heterocycles. The molecule has 6 heteroatoms. The van der Waals surface area contributed by atoms with Gasteiger partial charge in [0.25, 0.3) is 5.91 Å². The molecule has 1 amide bonds. The average Bonchev–Trinajstić information content (AvgIpc) is 2.51. The number of hydrogen-bond acceptors (Lipinski definition) is 3. The number of benzene rings is 1. The molecule has 0 radical (unpaired) electrons. The highest BCUT2D eigenvalue weighted by atomic mass is 35.5. The molecule has 1 aromatic carbocycles. The molecule has 0 saturated heterocycles. The fraction of sp³-hybridized carbons (Fsp3) is 0.429. The summed E-state index contributed by atoms with van der Waals surface area (Å²) in [5.41, 5.74) is -0.608. The largest absolute Gasteiger partial charge is 0.351 e. The SMILES string of the molecule is CC(C)(C)NC1=NC(C)(c2ccc(Cl)cc2Cl)C(=O)N1. The number of hydrogen-bond donors (Lipinski definition) is 2. The first kappa shape index (κ1) is 15.1. The molecule has 2 N–H and O–H groups in total. The molecule has 1 atom stereocenters. The standard InChI is InChI=1S/C14H17Cl2N3O/c1-13(2,3)18-12-17-11(20)14(4,19-12)9-6-5-8(15)7-10(9)16/h5-7H,1-4H3,(H2,17,18,19,20). The molecule has 1 heterocycles. The van der Waals surface area contributed by atoms with Crippen LogP contribution in [0.5, 0.6) is 0 Å². The molecule has 2 rings (SSSR count). The number of rotatable bonds is 1. The Morgan fingerprint density at radius 3 is 2.50 bits per heavy atom. The summed E-state index contributed by atoms with van der Waals surface area (Å²) >= 11 is 12.1. The third-order valence-corrected chi connectivity index (χ3v) is 3.51. The fourth-order valence-electron chi connectivity index (χ4n) is 2.01. The summed E-state index contributed by atoms with van der Waals surface area (Å²) in [5, 5.41) is 6.86. The van der Waals surface area contributed by atoms with Crippen molar-refractivity contribution in [2.45, 2.75) is 38.8 Å². The van der Waals surface area contributed by atoms with Gasteiger partial charge in [0.1, 0.15) is 0 Å². The summed E-state index contributed by atoms with van der Waals surface area (Å²) in [5.74, 6) is 0.240. The van der Waals surface area contributed by atoms with Gasteiger partial charge >= 0.3 is 0 Å². The maximum Gasteiger partial charge on any atom is 0.259 e. The molecule has 20 heavy (non-hydrogen) atoms. The van der Waals surface area contributed by atoms with E-state index in [0.29, 0.717) is 21.6 Å². The maximum absolute atomic E-state index is 12.3. The lowest BCUT2D eigenvalue weighted by Gasteiger charge is -2.21. The van der Waals surface area contributed by atoms with E-state index in [1.54, 1.807) is 25.1 Å². The predicted octanol–water partition coefficient (Wildman–Crippen LogP) is 3.08. The van der Waals surface area contributed by atoms with Crippen LogP contribution in [-0.2, 0) is 10.3 Å². The van der Waals surface area contributed by atoms with E-state index in [9.17, 15) is 4.79 Å². The number of aliphatic imine (C=N–C) groups is 1. The fourth-order valence-corrected chi connectivity index (χ4v) is 2.61. The highest BCUT2D eigenvalue weighted by Gasteiger charge is 2.42. The molecule has 0 aliphatic carbocycles. The summed E-state index contributed by atoms with van der Waals surface area (Å²) in [7, 11) is 0. The van der Waals surface area contributed by atoms with E-state index in [1.807, 2.05) is 20.8 Å². The summed E-state index contributed by atoms with van der Waals surface area (Å²) in [6.07, 6.45) is 0. The monoisotopic (exact) mass is 313 g/mol. The third kappa shape index (κ3) is 2.91. The topological polar surface area (TPSA) is 53.5 Å². The van der Waals surface area contributed by atoms with E-state index < -0.39 is 5.54 Å². The molecule has 0 spiro atoms. The highest BCUT2D eigenvalue weighted by molar-refractivity contribution is 6.35. The Balaban J connectivity index is 2.41. The quantitative estimate of drug-likeness (QED) is 0.837. The summed E-state index contributed by atoms with van der Waals surface area (Å²) < 4.78 is 0. The van der Waals surface area contributed by atoms with Gasteiger partial charge in [0.15, 0.2) is 11.5 Å². The van der Waals surface area contributed by atoms with Gasteiger partial charge in [0, 0.05) is 21.1 Å². The van der Waals surface area contributed by atoms with Gasteiger partial charge in [0.05, 0.1) is 0 Å². The molecular weight excluding hydrogens is 297 g/mol. The lowest BCUT2D eigenvalue weighted by molar-refractivity contribution is -0.123. The third-order valence-electron chi connectivity index (χ3n) is 2.96. The Hall–Kier alpha value is -1.26. The smallest absolute Gasteiger partial charge is 0.259 e. The second-order valence-electron chi connectivity index (χ2n) is 5.99. The maximum atomic E-state index is 12.3. The molecule has 0 saturated carbocycles. The van der Waals surface area contributed by atoms with E-state index in [1.165, 1.54) is 0 Å². The second-order valence-corrected chi connectivity index (χ2v) is 6.83. The van der Waals surface area contributed by atoms with Crippen molar-refractivity contribution in [2.75, 3.05) is 0 Å². The van der Waals surface area contributed by atoms with Gasteiger partial charge < -0.3 is 5.32 Å². The first-order valence-corrected chi connectivity index (χ1v) is 7.02. The molecule has 1 aliphatic rings. The first-order valence-electron chi connectivity index (χ1n) is 6.27. The zero-order chi connectivity index (χ0) is 15.1. The van der Waals surface area contributed by atoms with E-state index in [4.69, 9.17) is 23.2 Å². The Kier molecular flexibility index (Phi) is 3.73. The lowest BCUT2D eigenvalue weighted by Crippen LogP contribution is -2.47. The summed E-state index contributed by atoms with van der Waals surface area (Å²) in [4.78, 5) is 16.7. The van der Waals surface area contributed by atoms with Crippen LogP contribution in [0.15, 0.2) is 23.2 Å². The van der Waals surface area contributed by atoms with Crippen molar-refractivity contribution < 1.29 is 4.79 Å². The van der Waals surface area contributed by atoms with Gasteiger partial charge in [-0.25, -0.2) is 4.99 Å². The molecular formula is C14H17Cl2N3O. The molecule has 1 unspecified atom stereocenters. The second kappa shape index (κ2) is 4.93. The zero-order valence-corrected chi connectivity index (χ0v) is 13.4. The summed E-state index contributed by atoms with van der Waals surface area (Å²) in [6, 6.07) is 5.04. The highest BCUT2D eigenvalue weighted by Crippen LogP contribution is 2.35. The van der Waals surface area contributed by atoms with Crippen LogP contribution in [0.4, 0.5) is 0 Å². The minimum atomic E-state index is -1.05. The van der Waals surface area contributed by atoms with Crippen LogP contribution in [0.2, 0.25) is 10.0 Å². The Morgan fingerprint density at radius 1 is 1.30 bits per heavy atom. The van der Waals surface area contributed by atoms with Crippen molar-refractivity contribution in [1.82, 2.24) is 10.6 Å². The van der Waals surface area contributed by atoms with Crippen molar-refractivity contribution in [2.24, 2.45) is 4.99 Å². The van der Waals surface area contributed by atoms with Crippen molar-refractivity contribution in [3.8, 4) is 0 Å². The van der Waals surface area contributed by atoms with Crippen molar-refractivity contribution >= 4 is 35.1 Å². The van der Waals surface area contributed by atoms with Gasteiger partial charge in [-0.2, -0.15) is 0 Å². The number of carbonyl (C=O) groups is 1. The van der Waals surface area contributed by atoms with E-state index >= 15 is 0 Å². The molecule has 0 bridgehead atoms. The average molecular weight is 314 g/mol. The van der Waals surface area contributed by atoms with Crippen LogP contribution in [0.3, 0.4) is 0 Å². The van der Waals surface area contributed by atoms with Crippen LogP contribution in [0.1, 0.15) is 33.3 Å². The molecule has 108 valence electrons. The number of halogens is 2. The van der Waals surface area contributed by atoms with Crippen molar-refractivity contribution in [3.63, 3.8) is 0 Å². The molecule has 1 aromatic rings. The van der Waals surface area contributed by atoms with Crippen LogP contribution in [-0.4, -0.2) is 17.4 Å². The normalized spacial score (nSPS) is 22.5. The first-order chi connectivity index (χ1) is 9.12. The van der Waals surface area contributed by atoms with E-state index in [-0.39, 0.29) is 11.4 Å². The van der Waals surface area contributed by atoms with Gasteiger partial charge in [-0.15, -0.1) is 0 Å². The van der Waals surface area contributed by atoms with Crippen LogP contribution in [0.25, 0.3) is 0 Å². The van der Waals surface area contributed by atoms with Crippen LogP contribution < -0.4 is 10.6 Å². The van der Waals surface area contributed by atoms with Crippen molar-refractivity contribution in [3.05, 3.63) is 33.8 Å². The number of nitrogens with one attached hydrogen (secondary N) is 2. The van der Waals surface area contributed by atoms with Crippen LogP contribution >= 0.6 is 23.2 Å².